The predicted molar refractivity (Wildman–Crippen MR) is 52.1 cm³/mol. The van der Waals surface area contributed by atoms with Crippen molar-refractivity contribution in [3.63, 3.8) is 0 Å². The first-order chi connectivity index (χ1) is 5.51. The Bertz CT molecular complexity index is 181. The van der Waals surface area contributed by atoms with E-state index < -0.39 is 0 Å². The molecule has 0 unspecified atom stereocenters. The van der Waals surface area contributed by atoms with Gasteiger partial charge in [-0.05, 0) is 24.3 Å². The third kappa shape index (κ3) is 1.20. The average molecular weight is 168 g/mol. The van der Waals surface area contributed by atoms with Crippen LogP contribution in [0.3, 0.4) is 0 Å². The van der Waals surface area contributed by atoms with Gasteiger partial charge in [0, 0.05) is 0 Å². The Labute approximate surface area is 75.8 Å². The van der Waals surface area contributed by atoms with Gasteiger partial charge < -0.3 is 4.74 Å². The largest absolute Gasteiger partial charge is 0.366 e. The van der Waals surface area contributed by atoms with E-state index in [-0.39, 0.29) is 5.60 Å². The van der Waals surface area contributed by atoms with E-state index in [0.717, 1.165) is 6.61 Å². The van der Waals surface area contributed by atoms with E-state index in [2.05, 4.69) is 40.7 Å². The summed E-state index contributed by atoms with van der Waals surface area (Å²) in [4.78, 5) is 0. The quantitative estimate of drug-likeness (QED) is 0.576. The van der Waals surface area contributed by atoms with Crippen molar-refractivity contribution in [2.75, 3.05) is 6.61 Å². The van der Waals surface area contributed by atoms with E-state index in [1.54, 1.807) is 0 Å². The molecular formula is C11H20O. The molecule has 1 aliphatic rings. The van der Waals surface area contributed by atoms with Gasteiger partial charge in [-0.15, -0.1) is 0 Å². The van der Waals surface area contributed by atoms with Crippen molar-refractivity contribution in [2.45, 2.75) is 40.2 Å². The molecule has 0 aliphatic carbocycles. The molecule has 0 fully saturated rings. The molecule has 0 spiro atoms. The summed E-state index contributed by atoms with van der Waals surface area (Å²) in [7, 11) is 0. The lowest BCUT2D eigenvalue weighted by Gasteiger charge is -2.38. The van der Waals surface area contributed by atoms with Crippen molar-refractivity contribution in [3.05, 3.63) is 11.6 Å². The van der Waals surface area contributed by atoms with E-state index >= 15 is 0 Å². The smallest absolute Gasteiger partial charge is 0.0939 e. The van der Waals surface area contributed by atoms with Crippen LogP contribution in [0.1, 0.15) is 34.6 Å². The van der Waals surface area contributed by atoms with Crippen LogP contribution in [0.4, 0.5) is 0 Å². The second-order valence-corrected chi connectivity index (χ2v) is 4.30. The highest BCUT2D eigenvalue weighted by atomic mass is 16.5. The number of rotatable bonds is 2. The number of hydrogen-bond acceptors (Lipinski definition) is 1. The third-order valence-corrected chi connectivity index (χ3v) is 3.04. The first-order valence-corrected chi connectivity index (χ1v) is 4.83. The fourth-order valence-corrected chi connectivity index (χ4v) is 2.49. The molecule has 0 aromatic rings. The molecule has 0 bridgehead atoms. The van der Waals surface area contributed by atoms with Gasteiger partial charge in [0.05, 0.1) is 12.2 Å². The van der Waals surface area contributed by atoms with Crippen molar-refractivity contribution >= 4 is 0 Å². The zero-order valence-electron chi connectivity index (χ0n) is 8.85. The molecule has 0 saturated carbocycles. The summed E-state index contributed by atoms with van der Waals surface area (Å²) in [5.74, 6) is 1.13. The zero-order valence-corrected chi connectivity index (χ0v) is 8.85. The molecule has 1 heterocycles. The zero-order chi connectivity index (χ0) is 9.35. The molecule has 1 heteroatoms. The molecule has 0 atom stereocenters. The summed E-state index contributed by atoms with van der Waals surface area (Å²) < 4.78 is 5.88. The molecule has 1 aliphatic heterocycles. The molecule has 0 saturated heterocycles. The van der Waals surface area contributed by atoms with Gasteiger partial charge in [0.25, 0.3) is 0 Å². The highest BCUT2D eigenvalue weighted by Crippen LogP contribution is 2.40. The van der Waals surface area contributed by atoms with E-state index in [4.69, 9.17) is 4.74 Å². The Morgan fingerprint density at radius 2 is 1.75 bits per heavy atom. The first-order valence-electron chi connectivity index (χ1n) is 4.83. The summed E-state index contributed by atoms with van der Waals surface area (Å²) in [6.07, 6.45) is 2.21. The van der Waals surface area contributed by atoms with Crippen molar-refractivity contribution in [1.82, 2.24) is 0 Å². The predicted octanol–water partition coefficient (Wildman–Crippen LogP) is 3.01. The molecule has 1 rings (SSSR count). The van der Waals surface area contributed by atoms with Crippen LogP contribution in [-0.4, -0.2) is 12.2 Å². The molecule has 1 nitrogen and oxygen atoms in total. The van der Waals surface area contributed by atoms with Gasteiger partial charge in [-0.2, -0.15) is 0 Å². The minimum atomic E-state index is 0.0139. The van der Waals surface area contributed by atoms with Gasteiger partial charge in [0.1, 0.15) is 0 Å². The summed E-state index contributed by atoms with van der Waals surface area (Å²) in [5, 5.41) is 0. The maximum atomic E-state index is 5.88. The van der Waals surface area contributed by atoms with Gasteiger partial charge in [-0.3, -0.25) is 0 Å². The molecule has 0 amide bonds. The summed E-state index contributed by atoms with van der Waals surface area (Å²) in [6.45, 7) is 11.9. The summed E-state index contributed by atoms with van der Waals surface area (Å²) in [6, 6.07) is 0. The van der Waals surface area contributed by atoms with Crippen molar-refractivity contribution in [2.24, 2.45) is 11.8 Å². The van der Waals surface area contributed by atoms with Crippen LogP contribution in [-0.2, 0) is 4.74 Å². The normalized spacial score (nSPS) is 22.1. The first kappa shape index (κ1) is 9.79. The second kappa shape index (κ2) is 3.21. The number of hydrogen-bond donors (Lipinski definition) is 0. The highest BCUT2D eigenvalue weighted by molar-refractivity contribution is 5.21. The molecule has 0 aromatic heterocycles. The lowest BCUT2D eigenvalue weighted by Crippen LogP contribution is -2.42. The number of ether oxygens (including phenoxy) is 1. The van der Waals surface area contributed by atoms with Gasteiger partial charge in [-0.1, -0.05) is 33.8 Å². The second-order valence-electron chi connectivity index (χ2n) is 4.30. The van der Waals surface area contributed by atoms with Gasteiger partial charge in [0.2, 0.25) is 0 Å². The van der Waals surface area contributed by atoms with Gasteiger partial charge >= 0.3 is 0 Å². The molecule has 0 aromatic carbocycles. The minimum Gasteiger partial charge on any atom is -0.366 e. The van der Waals surface area contributed by atoms with Crippen molar-refractivity contribution in [3.8, 4) is 0 Å². The van der Waals surface area contributed by atoms with E-state index in [9.17, 15) is 0 Å². The molecule has 70 valence electrons. The monoisotopic (exact) mass is 168 g/mol. The topological polar surface area (TPSA) is 9.23 Å². The summed E-state index contributed by atoms with van der Waals surface area (Å²) >= 11 is 0. The van der Waals surface area contributed by atoms with E-state index in [1.165, 1.54) is 5.57 Å². The third-order valence-electron chi connectivity index (χ3n) is 3.04. The van der Waals surface area contributed by atoms with Crippen molar-refractivity contribution in [1.29, 1.82) is 0 Å². The Kier molecular flexibility index (Phi) is 2.62. The molecule has 0 N–H and O–H groups in total. The van der Waals surface area contributed by atoms with E-state index in [0.29, 0.717) is 11.8 Å². The molecule has 0 radical (unpaired) electrons. The van der Waals surface area contributed by atoms with Crippen LogP contribution in [0.25, 0.3) is 0 Å². The van der Waals surface area contributed by atoms with Crippen LogP contribution >= 0.6 is 0 Å². The lowest BCUT2D eigenvalue weighted by atomic mass is 9.76. The van der Waals surface area contributed by atoms with Crippen LogP contribution in [0, 0.1) is 11.8 Å². The van der Waals surface area contributed by atoms with Gasteiger partial charge in [0.15, 0.2) is 0 Å². The van der Waals surface area contributed by atoms with Crippen LogP contribution in [0.2, 0.25) is 0 Å². The molecule has 12 heavy (non-hydrogen) atoms. The van der Waals surface area contributed by atoms with Crippen molar-refractivity contribution < 1.29 is 4.74 Å². The maximum Gasteiger partial charge on any atom is 0.0939 e. The maximum absolute atomic E-state index is 5.88. The lowest BCUT2D eigenvalue weighted by molar-refractivity contribution is -0.0528. The van der Waals surface area contributed by atoms with Crippen LogP contribution in [0.15, 0.2) is 11.6 Å². The fraction of sp³-hybridized carbons (Fsp3) is 0.818. The Hall–Kier alpha value is -0.300. The SMILES string of the molecule is CC1=CCOC1(C(C)C)C(C)C. The highest BCUT2D eigenvalue weighted by Gasteiger charge is 2.42. The Morgan fingerprint density at radius 3 is 1.92 bits per heavy atom. The fourth-order valence-electron chi connectivity index (χ4n) is 2.49. The van der Waals surface area contributed by atoms with Gasteiger partial charge in [-0.25, -0.2) is 0 Å². The Morgan fingerprint density at radius 1 is 1.25 bits per heavy atom. The van der Waals surface area contributed by atoms with E-state index in [1.807, 2.05) is 0 Å². The van der Waals surface area contributed by atoms with Crippen LogP contribution in [0.5, 0.6) is 0 Å². The minimum absolute atomic E-state index is 0.0139. The molecular weight excluding hydrogens is 148 g/mol. The summed E-state index contributed by atoms with van der Waals surface area (Å²) in [5.41, 5.74) is 1.42. The van der Waals surface area contributed by atoms with Crippen LogP contribution < -0.4 is 0 Å². The standard InChI is InChI=1S/C11H20O/c1-8(2)11(9(3)4)10(5)6-7-12-11/h6,8-9H,7H2,1-5H3. The Balaban J connectivity index is 2.96. The average Bonchev–Trinajstić information content (AvgIpc) is 2.31.